The average Bonchev–Trinajstić information content (AvgIpc) is 3.19. The number of carbonyl (C=O) groups is 3. The predicted molar refractivity (Wildman–Crippen MR) is 83.7 cm³/mol. The van der Waals surface area contributed by atoms with Crippen LogP contribution in [0.25, 0.3) is 0 Å². The zero-order valence-corrected chi connectivity index (χ0v) is 13.3. The molecule has 2 heterocycles. The molecular formula is C14H18N6O4. The zero-order valence-electron chi connectivity index (χ0n) is 13.3. The number of nitrogens with one attached hydrogen (secondary N) is 2. The maximum Gasteiger partial charge on any atom is 0.305 e. The number of hydrogen-bond donors (Lipinski definition) is 3. The van der Waals surface area contributed by atoms with Gasteiger partial charge in [-0.1, -0.05) is 0 Å². The molecule has 10 heteroatoms. The molecule has 10 nitrogen and oxygen atoms in total. The van der Waals surface area contributed by atoms with Crippen LogP contribution in [0.1, 0.15) is 34.2 Å². The summed E-state index contributed by atoms with van der Waals surface area (Å²) in [4.78, 5) is 34.6. The van der Waals surface area contributed by atoms with E-state index in [0.717, 1.165) is 0 Å². The van der Waals surface area contributed by atoms with E-state index in [1.54, 1.807) is 6.20 Å². The van der Waals surface area contributed by atoms with Gasteiger partial charge in [-0.3, -0.25) is 23.7 Å². The molecule has 0 saturated carbocycles. The fourth-order valence-electron chi connectivity index (χ4n) is 1.97. The molecule has 0 spiro atoms. The van der Waals surface area contributed by atoms with Gasteiger partial charge in [-0.15, -0.1) is 0 Å². The van der Waals surface area contributed by atoms with Crippen molar-refractivity contribution in [1.82, 2.24) is 24.9 Å². The highest BCUT2D eigenvalue weighted by Gasteiger charge is 2.18. The Morgan fingerprint density at radius 1 is 1.21 bits per heavy atom. The zero-order chi connectivity index (χ0) is 17.7. The minimum atomic E-state index is -0.946. The molecule has 128 valence electrons. The first-order valence-electron chi connectivity index (χ1n) is 7.29. The highest BCUT2D eigenvalue weighted by molar-refractivity contribution is 6.07. The first kappa shape index (κ1) is 17.2. The van der Waals surface area contributed by atoms with Crippen LogP contribution in [0.15, 0.2) is 18.6 Å². The molecule has 0 aliphatic rings. The smallest absolute Gasteiger partial charge is 0.305 e. The number of carboxylic acids is 1. The van der Waals surface area contributed by atoms with Crippen molar-refractivity contribution in [3.8, 4) is 0 Å². The minimum Gasteiger partial charge on any atom is -0.481 e. The van der Waals surface area contributed by atoms with E-state index in [4.69, 9.17) is 5.11 Å². The van der Waals surface area contributed by atoms with Crippen LogP contribution in [0.4, 0.5) is 5.69 Å². The molecule has 2 aromatic rings. The maximum atomic E-state index is 12.3. The van der Waals surface area contributed by atoms with Gasteiger partial charge < -0.3 is 15.7 Å². The molecule has 0 aromatic carbocycles. The highest BCUT2D eigenvalue weighted by atomic mass is 16.4. The van der Waals surface area contributed by atoms with Crippen molar-refractivity contribution in [2.24, 2.45) is 0 Å². The lowest BCUT2D eigenvalue weighted by Gasteiger charge is -2.02. The molecule has 0 aliphatic carbocycles. The van der Waals surface area contributed by atoms with Crippen LogP contribution in [-0.4, -0.2) is 49.5 Å². The number of rotatable bonds is 7. The predicted octanol–water partition coefficient (Wildman–Crippen LogP) is 0.186. The third kappa shape index (κ3) is 3.97. The number of amides is 2. The molecule has 0 unspecified atom stereocenters. The Hall–Kier alpha value is -3.17. The topological polar surface area (TPSA) is 131 Å². The van der Waals surface area contributed by atoms with Crippen LogP contribution in [0.3, 0.4) is 0 Å². The van der Waals surface area contributed by atoms with Crippen molar-refractivity contribution in [2.75, 3.05) is 12.4 Å². The lowest BCUT2D eigenvalue weighted by atomic mass is 10.3. The van der Waals surface area contributed by atoms with E-state index < -0.39 is 17.8 Å². The minimum absolute atomic E-state index is 0.0904. The van der Waals surface area contributed by atoms with Gasteiger partial charge in [0.05, 0.1) is 30.4 Å². The quantitative estimate of drug-likeness (QED) is 0.662. The van der Waals surface area contributed by atoms with Gasteiger partial charge in [0.15, 0.2) is 5.69 Å². The average molecular weight is 334 g/mol. The van der Waals surface area contributed by atoms with Crippen LogP contribution in [0, 0.1) is 0 Å². The highest BCUT2D eigenvalue weighted by Crippen LogP contribution is 2.15. The van der Waals surface area contributed by atoms with Crippen molar-refractivity contribution in [2.45, 2.75) is 26.4 Å². The monoisotopic (exact) mass is 334 g/mol. The second-order valence-electron chi connectivity index (χ2n) is 4.92. The van der Waals surface area contributed by atoms with Crippen molar-refractivity contribution in [3.63, 3.8) is 0 Å². The summed E-state index contributed by atoms with van der Waals surface area (Å²) in [5, 5.41) is 21.8. The third-order valence-electron chi connectivity index (χ3n) is 3.23. The van der Waals surface area contributed by atoms with Crippen LogP contribution >= 0.6 is 0 Å². The van der Waals surface area contributed by atoms with Gasteiger partial charge >= 0.3 is 5.97 Å². The number of aromatic nitrogens is 4. The molecule has 0 atom stereocenters. The van der Waals surface area contributed by atoms with Crippen molar-refractivity contribution in [1.29, 1.82) is 0 Å². The molecule has 24 heavy (non-hydrogen) atoms. The number of aryl methyl sites for hydroxylation is 2. The lowest BCUT2D eigenvalue weighted by Crippen LogP contribution is -2.21. The van der Waals surface area contributed by atoms with Crippen LogP contribution in [0.5, 0.6) is 0 Å². The molecule has 3 N–H and O–H groups in total. The Bertz CT molecular complexity index is 763. The van der Waals surface area contributed by atoms with Crippen molar-refractivity contribution in [3.05, 3.63) is 29.8 Å². The molecule has 0 fully saturated rings. The molecule has 2 amide bonds. The molecule has 0 saturated heterocycles. The summed E-state index contributed by atoms with van der Waals surface area (Å²) in [6.07, 6.45) is 4.26. The number of nitrogens with zero attached hydrogens (tertiary/aromatic N) is 4. The summed E-state index contributed by atoms with van der Waals surface area (Å²) in [5.74, 6) is -1.81. The number of hydrogen-bond acceptors (Lipinski definition) is 5. The maximum absolute atomic E-state index is 12.3. The molecular weight excluding hydrogens is 316 g/mol. The van der Waals surface area contributed by atoms with Gasteiger partial charge in [0.2, 0.25) is 0 Å². The summed E-state index contributed by atoms with van der Waals surface area (Å²) in [6.45, 7) is 2.57. The van der Waals surface area contributed by atoms with E-state index in [1.807, 2.05) is 6.92 Å². The van der Waals surface area contributed by atoms with E-state index >= 15 is 0 Å². The van der Waals surface area contributed by atoms with E-state index in [0.29, 0.717) is 12.2 Å². The van der Waals surface area contributed by atoms with Crippen molar-refractivity contribution >= 4 is 23.5 Å². The molecule has 0 radical (unpaired) electrons. The first-order valence-corrected chi connectivity index (χ1v) is 7.29. The van der Waals surface area contributed by atoms with Crippen LogP contribution in [0.2, 0.25) is 0 Å². The Kier molecular flexibility index (Phi) is 5.30. The van der Waals surface area contributed by atoms with Gasteiger partial charge in [-0.2, -0.15) is 10.2 Å². The summed E-state index contributed by atoms with van der Waals surface area (Å²) in [7, 11) is 1.48. The van der Waals surface area contributed by atoms with E-state index in [1.165, 1.54) is 28.8 Å². The van der Waals surface area contributed by atoms with Gasteiger partial charge in [-0.25, -0.2) is 0 Å². The molecule has 0 aliphatic heterocycles. The fourth-order valence-corrected chi connectivity index (χ4v) is 1.97. The summed E-state index contributed by atoms with van der Waals surface area (Å²) >= 11 is 0. The Morgan fingerprint density at radius 2 is 1.96 bits per heavy atom. The molecule has 2 aromatic heterocycles. The SMILES string of the molecule is CCn1cc(NC(=O)c2cnn(CCC(=O)O)c2)c(C(=O)NC)n1. The molecule has 0 bridgehead atoms. The Balaban J connectivity index is 2.13. The second-order valence-corrected chi connectivity index (χ2v) is 4.92. The van der Waals surface area contributed by atoms with Crippen LogP contribution in [-0.2, 0) is 17.9 Å². The summed E-state index contributed by atoms with van der Waals surface area (Å²) in [5.41, 5.74) is 0.665. The first-order chi connectivity index (χ1) is 11.4. The number of carboxylic acid groups (broad SMARTS) is 1. The second kappa shape index (κ2) is 7.40. The third-order valence-corrected chi connectivity index (χ3v) is 3.23. The van der Waals surface area contributed by atoms with Gasteiger partial charge in [-0.05, 0) is 6.92 Å². The number of aliphatic carboxylic acids is 1. The lowest BCUT2D eigenvalue weighted by molar-refractivity contribution is -0.137. The van der Waals surface area contributed by atoms with Gasteiger partial charge in [0.1, 0.15) is 0 Å². The fraction of sp³-hybridized carbons (Fsp3) is 0.357. The summed E-state index contributed by atoms with van der Waals surface area (Å²) in [6, 6.07) is 0. The standard InChI is InChI=1S/C14H18N6O4/c1-3-19-8-10(12(18-19)14(24)15-2)17-13(23)9-6-16-20(7-9)5-4-11(21)22/h6-8H,3-5H2,1-2H3,(H,15,24)(H,17,23)(H,21,22). The van der Waals surface area contributed by atoms with Crippen molar-refractivity contribution < 1.29 is 19.5 Å². The van der Waals surface area contributed by atoms with Gasteiger partial charge in [0, 0.05) is 26.0 Å². The van der Waals surface area contributed by atoms with E-state index in [-0.39, 0.29) is 24.2 Å². The Labute approximate surface area is 137 Å². The van der Waals surface area contributed by atoms with E-state index in [2.05, 4.69) is 20.8 Å². The Morgan fingerprint density at radius 3 is 2.58 bits per heavy atom. The van der Waals surface area contributed by atoms with E-state index in [9.17, 15) is 14.4 Å². The van der Waals surface area contributed by atoms with Crippen LogP contribution < -0.4 is 10.6 Å². The molecule has 2 rings (SSSR count). The largest absolute Gasteiger partial charge is 0.481 e. The number of carbonyl (C=O) groups excluding carboxylic acids is 2. The summed E-state index contributed by atoms with van der Waals surface area (Å²) < 4.78 is 2.91. The number of anilines is 1. The normalized spacial score (nSPS) is 10.4. The van der Waals surface area contributed by atoms with Gasteiger partial charge in [0.25, 0.3) is 11.8 Å².